The highest BCUT2D eigenvalue weighted by Gasteiger charge is 2.09. The van der Waals surface area contributed by atoms with Gasteiger partial charge >= 0.3 is 6.03 Å². The van der Waals surface area contributed by atoms with Crippen molar-refractivity contribution < 1.29 is 14.0 Å². The third-order valence-corrected chi connectivity index (χ3v) is 3.74. The second-order valence-electron chi connectivity index (χ2n) is 5.45. The van der Waals surface area contributed by atoms with Crippen molar-refractivity contribution in [2.45, 2.75) is 6.54 Å². The molecule has 0 aliphatic heterocycles. The third-order valence-electron chi connectivity index (χ3n) is 3.48. The zero-order valence-corrected chi connectivity index (χ0v) is 14.4. The molecular weight excluding hydrogens is 354 g/mol. The molecular formula is C19H16ClN3O3. The Morgan fingerprint density at radius 3 is 2.46 bits per heavy atom. The summed E-state index contributed by atoms with van der Waals surface area (Å²) in [5, 5.41) is 8.82. The summed E-state index contributed by atoms with van der Waals surface area (Å²) < 4.78 is 5.06. The Bertz CT molecular complexity index is 893. The number of hydrogen-bond donors (Lipinski definition) is 3. The van der Waals surface area contributed by atoms with Gasteiger partial charge in [-0.3, -0.25) is 4.79 Å². The molecule has 0 radical (unpaired) electrons. The fraction of sp³-hybridized carbons (Fsp3) is 0.0526. The maximum absolute atomic E-state index is 12.0. The minimum absolute atomic E-state index is 0.232. The van der Waals surface area contributed by atoms with Crippen molar-refractivity contribution in [1.82, 2.24) is 5.32 Å². The number of nitrogens with one attached hydrogen (secondary N) is 3. The van der Waals surface area contributed by atoms with Gasteiger partial charge in [-0.25, -0.2) is 4.79 Å². The minimum Gasteiger partial charge on any atom is -0.459 e. The van der Waals surface area contributed by atoms with Crippen molar-refractivity contribution in [1.29, 1.82) is 0 Å². The van der Waals surface area contributed by atoms with E-state index >= 15 is 0 Å². The molecule has 3 N–H and O–H groups in total. The molecule has 0 atom stereocenters. The number of carbonyl (C=O) groups excluding carboxylic acids is 2. The molecule has 3 aromatic rings. The number of anilines is 2. The molecule has 0 bridgehead atoms. The van der Waals surface area contributed by atoms with E-state index in [-0.39, 0.29) is 17.7 Å². The molecule has 3 amide bonds. The Kier molecular flexibility index (Phi) is 5.56. The van der Waals surface area contributed by atoms with Crippen LogP contribution in [0.15, 0.2) is 71.3 Å². The van der Waals surface area contributed by atoms with Crippen LogP contribution >= 0.6 is 11.6 Å². The van der Waals surface area contributed by atoms with Crippen molar-refractivity contribution >= 4 is 34.9 Å². The van der Waals surface area contributed by atoms with E-state index in [1.54, 1.807) is 54.6 Å². The van der Waals surface area contributed by atoms with E-state index < -0.39 is 0 Å². The van der Waals surface area contributed by atoms with Crippen LogP contribution in [-0.2, 0) is 6.54 Å². The molecule has 0 fully saturated rings. The summed E-state index contributed by atoms with van der Waals surface area (Å²) in [6.07, 6.45) is 1.44. The van der Waals surface area contributed by atoms with Gasteiger partial charge in [0.15, 0.2) is 5.76 Å². The second-order valence-corrected chi connectivity index (χ2v) is 5.88. The smallest absolute Gasteiger partial charge is 0.319 e. The number of carbonyl (C=O) groups is 2. The van der Waals surface area contributed by atoms with Crippen molar-refractivity contribution in [3.8, 4) is 0 Å². The zero-order chi connectivity index (χ0) is 18.4. The second kappa shape index (κ2) is 8.22. The van der Waals surface area contributed by atoms with E-state index in [2.05, 4.69) is 16.0 Å². The molecule has 0 aliphatic rings. The highest BCUT2D eigenvalue weighted by molar-refractivity contribution is 6.30. The summed E-state index contributed by atoms with van der Waals surface area (Å²) in [4.78, 5) is 23.9. The van der Waals surface area contributed by atoms with Gasteiger partial charge in [0, 0.05) is 22.9 Å². The number of urea groups is 1. The largest absolute Gasteiger partial charge is 0.459 e. The molecule has 0 aliphatic carbocycles. The lowest BCUT2D eigenvalue weighted by atomic mass is 10.2. The van der Waals surface area contributed by atoms with Crippen LogP contribution in [0.2, 0.25) is 5.02 Å². The van der Waals surface area contributed by atoms with Crippen molar-refractivity contribution in [3.63, 3.8) is 0 Å². The lowest BCUT2D eigenvalue weighted by Crippen LogP contribution is -2.28. The van der Waals surface area contributed by atoms with E-state index in [4.69, 9.17) is 16.0 Å². The Morgan fingerprint density at radius 1 is 0.923 bits per heavy atom. The van der Waals surface area contributed by atoms with Gasteiger partial charge in [-0.05, 0) is 54.1 Å². The maximum atomic E-state index is 12.0. The molecule has 0 saturated heterocycles. The highest BCUT2D eigenvalue weighted by Crippen LogP contribution is 2.14. The first-order chi connectivity index (χ1) is 12.6. The minimum atomic E-state index is -0.336. The molecule has 3 rings (SSSR count). The predicted molar refractivity (Wildman–Crippen MR) is 100 cm³/mol. The van der Waals surface area contributed by atoms with Crippen LogP contribution in [0.3, 0.4) is 0 Å². The molecule has 0 saturated carbocycles. The average molecular weight is 370 g/mol. The van der Waals surface area contributed by atoms with Gasteiger partial charge in [-0.2, -0.15) is 0 Å². The molecule has 2 aromatic carbocycles. The van der Waals surface area contributed by atoms with Gasteiger partial charge in [0.25, 0.3) is 5.91 Å². The molecule has 132 valence electrons. The molecule has 1 heterocycles. The third kappa shape index (κ3) is 4.87. The predicted octanol–water partition coefficient (Wildman–Crippen LogP) is 4.51. The van der Waals surface area contributed by atoms with E-state index in [1.807, 2.05) is 6.07 Å². The van der Waals surface area contributed by atoms with Crippen LogP contribution in [0.5, 0.6) is 0 Å². The lowest BCUT2D eigenvalue weighted by molar-refractivity contribution is 0.0996. The van der Waals surface area contributed by atoms with Gasteiger partial charge in [-0.15, -0.1) is 0 Å². The Labute approximate surface area is 155 Å². The number of halogens is 1. The Balaban J connectivity index is 1.54. The highest BCUT2D eigenvalue weighted by atomic mass is 35.5. The van der Waals surface area contributed by atoms with E-state index in [0.29, 0.717) is 22.9 Å². The molecule has 1 aromatic heterocycles. The van der Waals surface area contributed by atoms with Gasteiger partial charge in [-0.1, -0.05) is 23.7 Å². The molecule has 7 heteroatoms. The molecule has 26 heavy (non-hydrogen) atoms. The quantitative estimate of drug-likeness (QED) is 0.618. The van der Waals surface area contributed by atoms with Gasteiger partial charge in [0.1, 0.15) is 0 Å². The number of amides is 3. The van der Waals surface area contributed by atoms with E-state index in [9.17, 15) is 9.59 Å². The Morgan fingerprint density at radius 2 is 1.73 bits per heavy atom. The van der Waals surface area contributed by atoms with Crippen LogP contribution in [-0.4, -0.2) is 11.9 Å². The zero-order valence-electron chi connectivity index (χ0n) is 13.7. The first-order valence-electron chi connectivity index (χ1n) is 7.84. The van der Waals surface area contributed by atoms with Gasteiger partial charge < -0.3 is 20.4 Å². The number of benzene rings is 2. The molecule has 6 nitrogen and oxygen atoms in total. The first kappa shape index (κ1) is 17.6. The summed E-state index contributed by atoms with van der Waals surface area (Å²) in [6, 6.07) is 16.9. The van der Waals surface area contributed by atoms with E-state index in [0.717, 1.165) is 5.56 Å². The fourth-order valence-electron chi connectivity index (χ4n) is 2.25. The van der Waals surface area contributed by atoms with Crippen LogP contribution in [0, 0.1) is 0 Å². The van der Waals surface area contributed by atoms with Crippen LogP contribution < -0.4 is 16.0 Å². The standard InChI is InChI=1S/C19H16ClN3O3/c20-14-6-8-15(9-7-14)23-19(25)21-12-13-3-1-4-16(11-13)22-18(24)17-5-2-10-26-17/h1-11H,12H2,(H,22,24)(H2,21,23,25). The lowest BCUT2D eigenvalue weighted by Gasteiger charge is -2.09. The van der Waals surface area contributed by atoms with E-state index in [1.165, 1.54) is 6.26 Å². The molecule has 0 unspecified atom stereocenters. The van der Waals surface area contributed by atoms with Crippen LogP contribution in [0.1, 0.15) is 16.1 Å². The number of hydrogen-bond acceptors (Lipinski definition) is 3. The summed E-state index contributed by atoms with van der Waals surface area (Å²) in [7, 11) is 0. The van der Waals surface area contributed by atoms with Gasteiger partial charge in [0.05, 0.1) is 6.26 Å². The van der Waals surface area contributed by atoms with Crippen LogP contribution in [0.4, 0.5) is 16.2 Å². The van der Waals surface area contributed by atoms with Crippen molar-refractivity contribution in [2.75, 3.05) is 10.6 Å². The topological polar surface area (TPSA) is 83.4 Å². The van der Waals surface area contributed by atoms with Crippen molar-refractivity contribution in [3.05, 3.63) is 83.3 Å². The first-order valence-corrected chi connectivity index (χ1v) is 8.22. The summed E-state index contributed by atoms with van der Waals surface area (Å²) in [6.45, 7) is 0.309. The van der Waals surface area contributed by atoms with Crippen molar-refractivity contribution in [2.24, 2.45) is 0 Å². The monoisotopic (exact) mass is 369 g/mol. The fourth-order valence-corrected chi connectivity index (χ4v) is 2.38. The van der Waals surface area contributed by atoms with Crippen LogP contribution in [0.25, 0.3) is 0 Å². The molecule has 0 spiro atoms. The Hall–Kier alpha value is -3.25. The maximum Gasteiger partial charge on any atom is 0.319 e. The van der Waals surface area contributed by atoms with Gasteiger partial charge in [0.2, 0.25) is 0 Å². The summed E-state index contributed by atoms with van der Waals surface area (Å²) >= 11 is 5.81. The summed E-state index contributed by atoms with van der Waals surface area (Å²) in [5.74, 6) is -0.100. The number of rotatable bonds is 5. The normalized spacial score (nSPS) is 10.2. The number of furan rings is 1. The SMILES string of the molecule is O=C(NCc1cccc(NC(=O)c2ccco2)c1)Nc1ccc(Cl)cc1. The summed E-state index contributed by atoms with van der Waals surface area (Å²) in [5.41, 5.74) is 2.10. The average Bonchev–Trinajstić information content (AvgIpc) is 3.17.